The number of para-hydroxylation sites is 1. The van der Waals surface area contributed by atoms with Crippen molar-refractivity contribution in [2.45, 2.75) is 6.92 Å². The third-order valence-corrected chi connectivity index (χ3v) is 7.34. The van der Waals surface area contributed by atoms with Crippen molar-refractivity contribution < 1.29 is 14.0 Å². The third-order valence-electron chi connectivity index (χ3n) is 6.60. The van der Waals surface area contributed by atoms with Gasteiger partial charge in [0.05, 0.1) is 16.4 Å². The van der Waals surface area contributed by atoms with Gasteiger partial charge in [0.2, 0.25) is 5.91 Å². The smallest absolute Gasteiger partial charge is 0.253 e. The predicted octanol–water partition coefficient (Wildman–Crippen LogP) is 7.83. The lowest BCUT2D eigenvalue weighted by Crippen LogP contribution is -2.49. The summed E-state index contributed by atoms with van der Waals surface area (Å²) in [6.07, 6.45) is 2.99. The van der Waals surface area contributed by atoms with E-state index >= 15 is 0 Å². The van der Waals surface area contributed by atoms with Crippen molar-refractivity contribution in [2.75, 3.05) is 36.4 Å². The fourth-order valence-corrected chi connectivity index (χ4v) is 5.40. The van der Waals surface area contributed by atoms with Crippen molar-refractivity contribution in [3.05, 3.63) is 111 Å². The molecule has 2 heterocycles. The second kappa shape index (κ2) is 12.2. The van der Waals surface area contributed by atoms with Gasteiger partial charge in [0.25, 0.3) is 5.91 Å². The van der Waals surface area contributed by atoms with E-state index < -0.39 is 0 Å². The summed E-state index contributed by atoms with van der Waals surface area (Å²) in [6, 6.07) is 21.7. The summed E-state index contributed by atoms with van der Waals surface area (Å²) in [7, 11) is 0. The number of nitrogens with one attached hydrogen (secondary N) is 1. The Labute approximate surface area is 247 Å². The molecule has 1 N–H and O–H groups in total. The van der Waals surface area contributed by atoms with E-state index in [1.54, 1.807) is 48.5 Å². The largest absolute Gasteiger partial charge is 0.457 e. The molecule has 0 spiro atoms. The fourth-order valence-electron chi connectivity index (χ4n) is 4.58. The molecular formula is C31H26Cl3N3O3. The monoisotopic (exact) mass is 593 g/mol. The normalized spacial score (nSPS) is 13.6. The first-order valence-electron chi connectivity index (χ1n) is 12.7. The van der Waals surface area contributed by atoms with E-state index in [1.165, 1.54) is 6.08 Å². The number of amides is 2. The van der Waals surface area contributed by atoms with Gasteiger partial charge in [-0.25, -0.2) is 0 Å². The summed E-state index contributed by atoms with van der Waals surface area (Å²) in [5.74, 6) is 0.765. The Balaban J connectivity index is 1.24. The molecule has 0 saturated carbocycles. The number of hydrogen-bond acceptors (Lipinski definition) is 4. The molecular weight excluding hydrogens is 569 g/mol. The second-order valence-corrected chi connectivity index (χ2v) is 10.7. The average molecular weight is 595 g/mol. The third kappa shape index (κ3) is 6.53. The van der Waals surface area contributed by atoms with Gasteiger partial charge in [0.15, 0.2) is 0 Å². The minimum atomic E-state index is -0.333. The number of hydrogen-bond donors (Lipinski definition) is 1. The molecule has 3 aromatic carbocycles. The van der Waals surface area contributed by atoms with Crippen molar-refractivity contribution in [3.8, 4) is 11.3 Å². The summed E-state index contributed by atoms with van der Waals surface area (Å²) < 4.78 is 5.84. The standard InChI is InChI=1S/C31H26Cl3N3O3/c1-20-5-7-21(8-6-20)31(39)37-15-13-36(14-16-37)30-26(34)3-2-4-27(30)35-29(38)12-10-25-9-11-28(40-25)22-17-23(32)19-24(33)18-22/h2-12,17-19H,13-16H2,1H3,(H,35,38)/b12-10+. The number of aryl methyl sites for hydroxylation is 1. The second-order valence-electron chi connectivity index (χ2n) is 9.46. The van der Waals surface area contributed by atoms with Gasteiger partial charge in [-0.2, -0.15) is 0 Å². The van der Waals surface area contributed by atoms with E-state index in [0.29, 0.717) is 64.0 Å². The highest BCUT2D eigenvalue weighted by molar-refractivity contribution is 6.35. The lowest BCUT2D eigenvalue weighted by atomic mass is 10.1. The maximum Gasteiger partial charge on any atom is 0.253 e. The number of furan rings is 1. The Kier molecular flexibility index (Phi) is 8.50. The van der Waals surface area contributed by atoms with Crippen LogP contribution in [0.25, 0.3) is 17.4 Å². The van der Waals surface area contributed by atoms with E-state index in [-0.39, 0.29) is 11.8 Å². The molecule has 5 rings (SSSR count). The number of piperazine rings is 1. The number of rotatable bonds is 6. The first-order chi connectivity index (χ1) is 19.3. The molecule has 1 saturated heterocycles. The molecule has 0 atom stereocenters. The zero-order chi connectivity index (χ0) is 28.2. The molecule has 6 nitrogen and oxygen atoms in total. The number of carbonyl (C=O) groups excluding carboxylic acids is 2. The Hall–Kier alpha value is -3.71. The Morgan fingerprint density at radius 2 is 1.57 bits per heavy atom. The number of nitrogens with zero attached hydrogens (tertiary/aromatic N) is 2. The van der Waals surface area contributed by atoms with Crippen LogP contribution in [0.5, 0.6) is 0 Å². The van der Waals surface area contributed by atoms with Gasteiger partial charge in [0, 0.05) is 53.4 Å². The molecule has 0 unspecified atom stereocenters. The van der Waals surface area contributed by atoms with Crippen LogP contribution in [-0.2, 0) is 4.79 Å². The molecule has 0 radical (unpaired) electrons. The van der Waals surface area contributed by atoms with Crippen LogP contribution in [0.4, 0.5) is 11.4 Å². The summed E-state index contributed by atoms with van der Waals surface area (Å²) in [5.41, 5.74) is 3.85. The van der Waals surface area contributed by atoms with Gasteiger partial charge in [-0.1, -0.05) is 58.6 Å². The summed E-state index contributed by atoms with van der Waals surface area (Å²) in [5, 5.41) is 4.47. The first-order valence-corrected chi connectivity index (χ1v) is 13.8. The van der Waals surface area contributed by atoms with Crippen LogP contribution < -0.4 is 10.2 Å². The van der Waals surface area contributed by atoms with Crippen molar-refractivity contribution >= 4 is 64.1 Å². The van der Waals surface area contributed by atoms with Crippen LogP contribution in [0.15, 0.2) is 83.3 Å². The van der Waals surface area contributed by atoms with Gasteiger partial charge in [0.1, 0.15) is 11.5 Å². The van der Waals surface area contributed by atoms with Gasteiger partial charge in [-0.15, -0.1) is 0 Å². The topological polar surface area (TPSA) is 65.8 Å². The SMILES string of the molecule is Cc1ccc(C(=O)N2CCN(c3c(Cl)cccc3NC(=O)/C=C/c3ccc(-c4cc(Cl)cc(Cl)c4)o3)CC2)cc1. The molecule has 204 valence electrons. The van der Waals surface area contributed by atoms with Gasteiger partial charge < -0.3 is 19.5 Å². The van der Waals surface area contributed by atoms with E-state index in [0.717, 1.165) is 16.8 Å². The zero-order valence-electron chi connectivity index (χ0n) is 21.7. The van der Waals surface area contributed by atoms with Crippen LogP contribution in [0.1, 0.15) is 21.7 Å². The Bertz CT molecular complexity index is 1550. The number of benzene rings is 3. The van der Waals surface area contributed by atoms with Crippen molar-refractivity contribution in [1.29, 1.82) is 0 Å². The van der Waals surface area contributed by atoms with Crippen LogP contribution in [0.3, 0.4) is 0 Å². The van der Waals surface area contributed by atoms with E-state index in [2.05, 4.69) is 10.2 Å². The molecule has 40 heavy (non-hydrogen) atoms. The Morgan fingerprint density at radius 3 is 2.27 bits per heavy atom. The van der Waals surface area contributed by atoms with E-state index in [4.69, 9.17) is 39.2 Å². The van der Waals surface area contributed by atoms with Crippen molar-refractivity contribution in [3.63, 3.8) is 0 Å². The van der Waals surface area contributed by atoms with Crippen LogP contribution >= 0.6 is 34.8 Å². The molecule has 1 aromatic heterocycles. The quantitative estimate of drug-likeness (QED) is 0.231. The molecule has 1 aliphatic rings. The molecule has 1 aliphatic heterocycles. The summed E-state index contributed by atoms with van der Waals surface area (Å²) in [6.45, 7) is 4.26. The highest BCUT2D eigenvalue weighted by atomic mass is 35.5. The molecule has 4 aromatic rings. The van der Waals surface area contributed by atoms with Crippen molar-refractivity contribution in [2.24, 2.45) is 0 Å². The zero-order valence-corrected chi connectivity index (χ0v) is 23.9. The average Bonchev–Trinajstić information content (AvgIpc) is 3.41. The minimum absolute atomic E-state index is 0.0111. The summed E-state index contributed by atoms with van der Waals surface area (Å²) in [4.78, 5) is 29.7. The highest BCUT2D eigenvalue weighted by Gasteiger charge is 2.25. The fraction of sp³-hybridized carbons (Fsp3) is 0.161. The van der Waals surface area contributed by atoms with Crippen LogP contribution in [0.2, 0.25) is 15.1 Å². The minimum Gasteiger partial charge on any atom is -0.457 e. The highest BCUT2D eigenvalue weighted by Crippen LogP contribution is 2.35. The van der Waals surface area contributed by atoms with Gasteiger partial charge in [-0.3, -0.25) is 9.59 Å². The van der Waals surface area contributed by atoms with Crippen molar-refractivity contribution in [1.82, 2.24) is 4.90 Å². The van der Waals surface area contributed by atoms with Crippen LogP contribution in [0, 0.1) is 6.92 Å². The predicted molar refractivity (Wildman–Crippen MR) is 163 cm³/mol. The van der Waals surface area contributed by atoms with Gasteiger partial charge in [-0.05, 0) is 67.6 Å². The molecule has 0 aliphatic carbocycles. The Morgan fingerprint density at radius 1 is 0.875 bits per heavy atom. The first kappa shape index (κ1) is 27.8. The molecule has 2 amide bonds. The molecule has 9 heteroatoms. The number of carbonyl (C=O) groups is 2. The summed E-state index contributed by atoms with van der Waals surface area (Å²) >= 11 is 18.8. The molecule has 1 fully saturated rings. The lowest BCUT2D eigenvalue weighted by molar-refractivity contribution is -0.111. The van der Waals surface area contributed by atoms with E-state index in [9.17, 15) is 9.59 Å². The van der Waals surface area contributed by atoms with Gasteiger partial charge >= 0.3 is 0 Å². The maximum absolute atomic E-state index is 12.9. The maximum atomic E-state index is 12.9. The number of halogens is 3. The van der Waals surface area contributed by atoms with Crippen LogP contribution in [-0.4, -0.2) is 42.9 Å². The molecule has 0 bridgehead atoms. The lowest BCUT2D eigenvalue weighted by Gasteiger charge is -2.37. The number of anilines is 2. The van der Waals surface area contributed by atoms with E-state index in [1.807, 2.05) is 42.2 Å².